The van der Waals surface area contributed by atoms with Gasteiger partial charge in [-0.1, -0.05) is 6.07 Å². The van der Waals surface area contributed by atoms with E-state index in [-0.39, 0.29) is 11.9 Å². The molecular formula is C20H26N2O5S. The van der Waals surface area contributed by atoms with Crippen LogP contribution in [0.25, 0.3) is 0 Å². The van der Waals surface area contributed by atoms with Crippen LogP contribution in [0.2, 0.25) is 0 Å². The van der Waals surface area contributed by atoms with Crippen LogP contribution >= 0.6 is 0 Å². The minimum absolute atomic E-state index is 0.245. The second-order valence-corrected chi connectivity index (χ2v) is 8.55. The zero-order chi connectivity index (χ0) is 20.9. The Labute approximate surface area is 166 Å². The molecule has 8 heteroatoms. The Hall–Kier alpha value is -2.74. The van der Waals surface area contributed by atoms with E-state index in [2.05, 4.69) is 5.32 Å². The molecule has 0 radical (unpaired) electrons. The number of anilines is 1. The Morgan fingerprint density at radius 1 is 1.14 bits per heavy atom. The first-order chi connectivity index (χ1) is 13.1. The monoisotopic (exact) mass is 406 g/mol. The van der Waals surface area contributed by atoms with E-state index < -0.39 is 10.0 Å². The first-order valence-electron chi connectivity index (χ1n) is 8.74. The second-order valence-electron chi connectivity index (χ2n) is 6.54. The van der Waals surface area contributed by atoms with Crippen molar-refractivity contribution in [3.8, 4) is 11.5 Å². The number of hydrogen-bond donors (Lipinski definition) is 1. The smallest absolute Gasteiger partial charge is 0.251 e. The Balaban J connectivity index is 2.03. The van der Waals surface area contributed by atoms with Crippen LogP contribution in [-0.4, -0.2) is 47.4 Å². The normalized spacial score (nSPS) is 12.2. The van der Waals surface area contributed by atoms with E-state index in [4.69, 9.17) is 9.47 Å². The lowest BCUT2D eigenvalue weighted by Crippen LogP contribution is -2.37. The molecule has 0 saturated carbocycles. The van der Waals surface area contributed by atoms with Crippen LogP contribution in [0.4, 0.5) is 5.69 Å². The van der Waals surface area contributed by atoms with E-state index in [9.17, 15) is 13.2 Å². The zero-order valence-electron chi connectivity index (χ0n) is 16.7. The summed E-state index contributed by atoms with van der Waals surface area (Å²) in [5.74, 6) is 1.13. The summed E-state index contributed by atoms with van der Waals surface area (Å²) in [4.78, 5) is 12.6. The Bertz CT molecular complexity index is 926. The molecule has 0 heterocycles. The van der Waals surface area contributed by atoms with E-state index in [1.54, 1.807) is 56.5 Å². The SMILES string of the molecule is COc1ccc(OCC(C)NC(=O)c2cccc(N(C)S(C)(=O)=O)c2C)cc1. The van der Waals surface area contributed by atoms with Crippen LogP contribution in [0, 0.1) is 6.92 Å². The average Bonchev–Trinajstić information content (AvgIpc) is 2.65. The van der Waals surface area contributed by atoms with Crippen molar-refractivity contribution in [2.45, 2.75) is 19.9 Å². The predicted molar refractivity (Wildman–Crippen MR) is 110 cm³/mol. The Morgan fingerprint density at radius 3 is 2.32 bits per heavy atom. The summed E-state index contributed by atoms with van der Waals surface area (Å²) in [5, 5.41) is 2.88. The lowest BCUT2D eigenvalue weighted by molar-refractivity contribution is 0.0926. The average molecular weight is 407 g/mol. The molecule has 0 aliphatic heterocycles. The van der Waals surface area contributed by atoms with Gasteiger partial charge in [-0.05, 0) is 55.8 Å². The minimum atomic E-state index is -3.42. The number of carbonyl (C=O) groups is 1. The topological polar surface area (TPSA) is 84.9 Å². The van der Waals surface area contributed by atoms with E-state index in [1.165, 1.54) is 7.05 Å². The molecule has 0 fully saturated rings. The fourth-order valence-corrected chi connectivity index (χ4v) is 3.18. The van der Waals surface area contributed by atoms with Gasteiger partial charge in [0, 0.05) is 12.6 Å². The summed E-state index contributed by atoms with van der Waals surface area (Å²) in [6.45, 7) is 3.85. The molecule has 1 unspecified atom stereocenters. The van der Waals surface area contributed by atoms with E-state index in [1.807, 2.05) is 6.92 Å². The third-order valence-electron chi connectivity index (χ3n) is 4.32. The molecule has 7 nitrogen and oxygen atoms in total. The Morgan fingerprint density at radius 2 is 1.75 bits per heavy atom. The number of nitrogens with one attached hydrogen (secondary N) is 1. The highest BCUT2D eigenvalue weighted by Gasteiger charge is 2.19. The van der Waals surface area contributed by atoms with Crippen molar-refractivity contribution in [1.82, 2.24) is 5.32 Å². The quantitative estimate of drug-likeness (QED) is 0.728. The van der Waals surface area contributed by atoms with E-state index >= 15 is 0 Å². The number of ether oxygens (including phenoxy) is 2. The molecule has 1 amide bonds. The summed E-state index contributed by atoms with van der Waals surface area (Å²) in [7, 11) is -0.357. The third-order valence-corrected chi connectivity index (χ3v) is 5.52. The van der Waals surface area contributed by atoms with Gasteiger partial charge in [0.05, 0.1) is 25.1 Å². The van der Waals surface area contributed by atoms with Crippen molar-refractivity contribution >= 4 is 21.6 Å². The predicted octanol–water partition coefficient (Wildman–Crippen LogP) is 2.60. The molecule has 152 valence electrons. The molecule has 0 aliphatic carbocycles. The van der Waals surface area contributed by atoms with Gasteiger partial charge in [0.15, 0.2) is 0 Å². The lowest BCUT2D eigenvalue weighted by atomic mass is 10.1. The molecule has 0 spiro atoms. The van der Waals surface area contributed by atoms with Gasteiger partial charge in [-0.2, -0.15) is 0 Å². The molecule has 2 aromatic rings. The molecular weight excluding hydrogens is 380 g/mol. The van der Waals surface area contributed by atoms with Gasteiger partial charge in [0.2, 0.25) is 10.0 Å². The molecule has 28 heavy (non-hydrogen) atoms. The van der Waals surface area contributed by atoms with Gasteiger partial charge in [-0.25, -0.2) is 8.42 Å². The van der Waals surface area contributed by atoms with E-state index in [0.717, 1.165) is 16.3 Å². The number of amides is 1. The number of sulfonamides is 1. The maximum absolute atomic E-state index is 12.6. The fourth-order valence-electron chi connectivity index (χ4n) is 2.63. The van der Waals surface area contributed by atoms with Crippen molar-refractivity contribution in [2.75, 3.05) is 31.3 Å². The second kappa shape index (κ2) is 8.97. The van der Waals surface area contributed by atoms with Crippen LogP contribution < -0.4 is 19.1 Å². The van der Waals surface area contributed by atoms with Gasteiger partial charge in [0.25, 0.3) is 5.91 Å². The summed E-state index contributed by atoms with van der Waals surface area (Å²) >= 11 is 0. The summed E-state index contributed by atoms with van der Waals surface area (Å²) in [6.07, 6.45) is 1.12. The highest BCUT2D eigenvalue weighted by molar-refractivity contribution is 7.92. The molecule has 1 N–H and O–H groups in total. The number of methoxy groups -OCH3 is 1. The molecule has 0 aliphatic rings. The number of rotatable bonds is 8. The van der Waals surface area contributed by atoms with Crippen molar-refractivity contribution < 1.29 is 22.7 Å². The maximum Gasteiger partial charge on any atom is 0.251 e. The fraction of sp³-hybridized carbons (Fsp3) is 0.350. The molecule has 0 saturated heterocycles. The maximum atomic E-state index is 12.6. The lowest BCUT2D eigenvalue weighted by Gasteiger charge is -2.21. The first-order valence-corrected chi connectivity index (χ1v) is 10.6. The van der Waals surface area contributed by atoms with Crippen LogP contribution in [0.1, 0.15) is 22.8 Å². The molecule has 2 rings (SSSR count). The highest BCUT2D eigenvalue weighted by atomic mass is 32.2. The molecule has 0 aromatic heterocycles. The molecule has 0 bridgehead atoms. The standard InChI is InChI=1S/C20H26N2O5S/c1-14(13-27-17-11-9-16(26-4)10-12-17)21-20(23)18-7-6-8-19(15(18)2)22(3)28(5,24)25/h6-12,14H,13H2,1-5H3,(H,21,23). The van der Waals surface area contributed by atoms with Gasteiger partial charge in [-0.3, -0.25) is 9.10 Å². The van der Waals surface area contributed by atoms with Gasteiger partial charge >= 0.3 is 0 Å². The molecule has 2 aromatic carbocycles. The van der Waals surface area contributed by atoms with Crippen molar-refractivity contribution in [2.24, 2.45) is 0 Å². The van der Waals surface area contributed by atoms with Gasteiger partial charge in [0.1, 0.15) is 18.1 Å². The Kier molecular flexibility index (Phi) is 6.90. The van der Waals surface area contributed by atoms with Gasteiger partial charge in [-0.15, -0.1) is 0 Å². The third kappa shape index (κ3) is 5.39. The number of nitrogens with zero attached hydrogens (tertiary/aromatic N) is 1. The largest absolute Gasteiger partial charge is 0.497 e. The minimum Gasteiger partial charge on any atom is -0.497 e. The number of benzene rings is 2. The van der Waals surface area contributed by atoms with Crippen LogP contribution in [0.15, 0.2) is 42.5 Å². The first kappa shape index (κ1) is 21.6. The number of carbonyl (C=O) groups excluding carboxylic acids is 1. The van der Waals surface area contributed by atoms with Crippen molar-refractivity contribution in [1.29, 1.82) is 0 Å². The molecule has 1 atom stereocenters. The van der Waals surface area contributed by atoms with Crippen molar-refractivity contribution in [3.63, 3.8) is 0 Å². The summed E-state index contributed by atoms with van der Waals surface area (Å²) < 4.78 is 35.6. The van der Waals surface area contributed by atoms with Crippen LogP contribution in [-0.2, 0) is 10.0 Å². The zero-order valence-corrected chi connectivity index (χ0v) is 17.5. The highest BCUT2D eigenvalue weighted by Crippen LogP contribution is 2.24. The van der Waals surface area contributed by atoms with Crippen LogP contribution in [0.5, 0.6) is 11.5 Å². The number of hydrogen-bond acceptors (Lipinski definition) is 5. The van der Waals surface area contributed by atoms with E-state index in [0.29, 0.717) is 29.2 Å². The summed E-state index contributed by atoms with van der Waals surface area (Å²) in [5.41, 5.74) is 1.48. The van der Waals surface area contributed by atoms with Crippen molar-refractivity contribution in [3.05, 3.63) is 53.6 Å². The van der Waals surface area contributed by atoms with Gasteiger partial charge < -0.3 is 14.8 Å². The van der Waals surface area contributed by atoms with Crippen LogP contribution in [0.3, 0.4) is 0 Å². The summed E-state index contributed by atoms with van der Waals surface area (Å²) in [6, 6.07) is 11.9.